The maximum atomic E-state index is 11.9. The summed E-state index contributed by atoms with van der Waals surface area (Å²) in [5, 5.41) is 12.7. The molecule has 0 saturated heterocycles. The minimum Gasteiger partial charge on any atom is -0.394 e. The standard InChI is InChI=1S/C14H20F3NO2/c1-13(10-19,12-6-3-2-4-7-12)18-8-5-9-20-11-14(15,16)17/h2-4,6-7,18-19H,5,8-11H2,1H3. The van der Waals surface area contributed by atoms with Crippen LogP contribution in [0, 0.1) is 0 Å². The molecule has 0 amide bonds. The molecule has 0 aliphatic carbocycles. The Hall–Kier alpha value is -1.11. The fourth-order valence-electron chi connectivity index (χ4n) is 1.78. The highest BCUT2D eigenvalue weighted by molar-refractivity contribution is 5.23. The van der Waals surface area contributed by atoms with Crippen LogP contribution < -0.4 is 5.32 Å². The van der Waals surface area contributed by atoms with Crippen molar-refractivity contribution < 1.29 is 23.0 Å². The van der Waals surface area contributed by atoms with Gasteiger partial charge < -0.3 is 15.2 Å². The van der Waals surface area contributed by atoms with Crippen LogP contribution >= 0.6 is 0 Å². The number of alkyl halides is 3. The first-order valence-corrected chi connectivity index (χ1v) is 6.43. The lowest BCUT2D eigenvalue weighted by Gasteiger charge is -2.29. The van der Waals surface area contributed by atoms with Gasteiger partial charge in [0, 0.05) is 6.61 Å². The van der Waals surface area contributed by atoms with E-state index < -0.39 is 18.3 Å². The Labute approximate surface area is 116 Å². The second-order valence-corrected chi connectivity index (χ2v) is 4.80. The predicted molar refractivity (Wildman–Crippen MR) is 70.4 cm³/mol. The molecule has 0 bridgehead atoms. The zero-order valence-electron chi connectivity index (χ0n) is 11.4. The maximum absolute atomic E-state index is 11.9. The summed E-state index contributed by atoms with van der Waals surface area (Å²) in [4.78, 5) is 0. The average Bonchev–Trinajstić information content (AvgIpc) is 2.42. The summed E-state index contributed by atoms with van der Waals surface area (Å²) >= 11 is 0. The molecule has 1 atom stereocenters. The van der Waals surface area contributed by atoms with Crippen LogP contribution in [0.1, 0.15) is 18.9 Å². The monoisotopic (exact) mass is 291 g/mol. The van der Waals surface area contributed by atoms with E-state index in [1.54, 1.807) is 0 Å². The van der Waals surface area contributed by atoms with Crippen LogP contribution in [0.4, 0.5) is 13.2 Å². The normalized spacial score (nSPS) is 15.1. The lowest BCUT2D eigenvalue weighted by Crippen LogP contribution is -2.43. The molecule has 0 fully saturated rings. The molecule has 6 heteroatoms. The van der Waals surface area contributed by atoms with Gasteiger partial charge in [-0.1, -0.05) is 30.3 Å². The van der Waals surface area contributed by atoms with E-state index in [1.807, 2.05) is 37.3 Å². The highest BCUT2D eigenvalue weighted by Crippen LogP contribution is 2.19. The second-order valence-electron chi connectivity index (χ2n) is 4.80. The number of hydrogen-bond donors (Lipinski definition) is 2. The average molecular weight is 291 g/mol. The third kappa shape index (κ3) is 5.90. The van der Waals surface area contributed by atoms with E-state index in [0.29, 0.717) is 13.0 Å². The molecular formula is C14H20F3NO2. The Balaban J connectivity index is 2.32. The Kier molecular flexibility index (Phi) is 6.45. The van der Waals surface area contributed by atoms with Crippen LogP contribution in [-0.4, -0.2) is 37.6 Å². The van der Waals surface area contributed by atoms with Gasteiger partial charge in [-0.3, -0.25) is 0 Å². The van der Waals surface area contributed by atoms with Gasteiger partial charge in [-0.15, -0.1) is 0 Å². The summed E-state index contributed by atoms with van der Waals surface area (Å²) in [6, 6.07) is 9.41. The van der Waals surface area contributed by atoms with Gasteiger partial charge in [-0.25, -0.2) is 0 Å². The van der Waals surface area contributed by atoms with Crippen molar-refractivity contribution in [1.82, 2.24) is 5.32 Å². The van der Waals surface area contributed by atoms with Crippen LogP contribution in [0.2, 0.25) is 0 Å². The maximum Gasteiger partial charge on any atom is 0.411 e. The molecule has 2 N–H and O–H groups in total. The highest BCUT2D eigenvalue weighted by Gasteiger charge is 2.27. The molecule has 1 rings (SSSR count). The van der Waals surface area contributed by atoms with Crippen molar-refractivity contribution in [3.05, 3.63) is 35.9 Å². The molecule has 0 aromatic heterocycles. The summed E-state index contributed by atoms with van der Waals surface area (Å²) in [6.07, 6.45) is -3.84. The van der Waals surface area contributed by atoms with E-state index in [1.165, 1.54) is 0 Å². The molecule has 0 spiro atoms. The van der Waals surface area contributed by atoms with Crippen LogP contribution in [0.15, 0.2) is 30.3 Å². The molecule has 0 aliphatic rings. The zero-order chi connectivity index (χ0) is 15.1. The molecule has 0 heterocycles. The minimum atomic E-state index is -4.28. The van der Waals surface area contributed by atoms with Crippen molar-refractivity contribution in [3.63, 3.8) is 0 Å². The van der Waals surface area contributed by atoms with E-state index in [9.17, 15) is 18.3 Å². The molecule has 1 unspecified atom stereocenters. The third-order valence-electron chi connectivity index (χ3n) is 2.97. The largest absolute Gasteiger partial charge is 0.411 e. The summed E-state index contributed by atoms with van der Waals surface area (Å²) in [5.41, 5.74) is 0.323. The van der Waals surface area contributed by atoms with Crippen molar-refractivity contribution in [3.8, 4) is 0 Å². The van der Waals surface area contributed by atoms with Crippen LogP contribution in [0.3, 0.4) is 0 Å². The van der Waals surface area contributed by atoms with E-state index in [-0.39, 0.29) is 13.2 Å². The number of hydrogen-bond acceptors (Lipinski definition) is 3. The van der Waals surface area contributed by atoms with E-state index >= 15 is 0 Å². The fourth-order valence-corrected chi connectivity index (χ4v) is 1.78. The van der Waals surface area contributed by atoms with Gasteiger partial charge in [0.15, 0.2) is 0 Å². The van der Waals surface area contributed by atoms with E-state index in [0.717, 1.165) is 5.56 Å². The Bertz CT molecular complexity index is 384. The van der Waals surface area contributed by atoms with Crippen LogP contribution in [0.5, 0.6) is 0 Å². The summed E-state index contributed by atoms with van der Waals surface area (Å²) in [7, 11) is 0. The third-order valence-corrected chi connectivity index (χ3v) is 2.97. The zero-order valence-corrected chi connectivity index (χ0v) is 11.4. The first kappa shape index (κ1) is 16.9. The van der Waals surface area contributed by atoms with Gasteiger partial charge in [0.1, 0.15) is 6.61 Å². The number of aliphatic hydroxyl groups excluding tert-OH is 1. The number of benzene rings is 1. The molecule has 3 nitrogen and oxygen atoms in total. The van der Waals surface area contributed by atoms with Crippen molar-refractivity contribution >= 4 is 0 Å². The fraction of sp³-hybridized carbons (Fsp3) is 0.571. The van der Waals surface area contributed by atoms with Gasteiger partial charge in [-0.05, 0) is 25.5 Å². The Morgan fingerprint density at radius 3 is 2.40 bits per heavy atom. The van der Waals surface area contributed by atoms with Gasteiger partial charge in [0.25, 0.3) is 0 Å². The Morgan fingerprint density at radius 2 is 1.85 bits per heavy atom. The van der Waals surface area contributed by atoms with Crippen molar-refractivity contribution in [1.29, 1.82) is 0 Å². The summed E-state index contributed by atoms with van der Waals surface area (Å²) in [6.45, 7) is 1.02. The summed E-state index contributed by atoms with van der Waals surface area (Å²) < 4.78 is 40.1. The smallest absolute Gasteiger partial charge is 0.394 e. The number of aliphatic hydroxyl groups is 1. The van der Waals surface area contributed by atoms with Gasteiger partial charge in [0.05, 0.1) is 12.1 Å². The SMILES string of the molecule is CC(CO)(NCCCOCC(F)(F)F)c1ccccc1. The van der Waals surface area contributed by atoms with Gasteiger partial charge in [0.2, 0.25) is 0 Å². The number of rotatable bonds is 8. The number of nitrogens with one attached hydrogen (secondary N) is 1. The summed E-state index contributed by atoms with van der Waals surface area (Å²) in [5.74, 6) is 0. The molecular weight excluding hydrogens is 271 g/mol. The minimum absolute atomic E-state index is 0.0306. The molecule has 114 valence electrons. The lowest BCUT2D eigenvalue weighted by atomic mass is 9.93. The topological polar surface area (TPSA) is 41.5 Å². The molecule has 20 heavy (non-hydrogen) atoms. The molecule has 1 aromatic rings. The van der Waals surface area contributed by atoms with Gasteiger partial charge >= 0.3 is 6.18 Å². The molecule has 1 aromatic carbocycles. The second kappa shape index (κ2) is 7.61. The van der Waals surface area contributed by atoms with Crippen molar-refractivity contribution in [2.45, 2.75) is 25.1 Å². The van der Waals surface area contributed by atoms with Crippen LogP contribution in [-0.2, 0) is 10.3 Å². The first-order chi connectivity index (χ1) is 9.37. The highest BCUT2D eigenvalue weighted by atomic mass is 19.4. The predicted octanol–water partition coefficient (Wildman–Crippen LogP) is 2.45. The van der Waals surface area contributed by atoms with Crippen molar-refractivity contribution in [2.75, 3.05) is 26.4 Å². The molecule has 0 aliphatic heterocycles. The van der Waals surface area contributed by atoms with Crippen molar-refractivity contribution in [2.24, 2.45) is 0 Å². The van der Waals surface area contributed by atoms with E-state index in [2.05, 4.69) is 10.1 Å². The van der Waals surface area contributed by atoms with Gasteiger partial charge in [-0.2, -0.15) is 13.2 Å². The number of ether oxygens (including phenoxy) is 1. The lowest BCUT2D eigenvalue weighted by molar-refractivity contribution is -0.174. The molecule has 0 radical (unpaired) electrons. The van der Waals surface area contributed by atoms with Crippen LogP contribution in [0.25, 0.3) is 0 Å². The Morgan fingerprint density at radius 1 is 1.20 bits per heavy atom. The number of halogens is 3. The molecule has 0 saturated carbocycles. The first-order valence-electron chi connectivity index (χ1n) is 6.43. The van der Waals surface area contributed by atoms with E-state index in [4.69, 9.17) is 0 Å². The quantitative estimate of drug-likeness (QED) is 0.723.